The molecule has 2 aliphatic heterocycles. The quantitative estimate of drug-likeness (QED) is 0.394. The molecule has 0 atom stereocenters. The SMILES string of the molecule is O=C1NC(=O)C2(CCCN2c2ccc(Oc3ccc(-c4nc(-c5ccncc5)no4)cc3)nc2)C(=O)N1. The van der Waals surface area contributed by atoms with Crippen molar-refractivity contribution in [1.29, 1.82) is 0 Å². The Bertz CT molecular complexity index is 1470. The smallest absolute Gasteiger partial charge is 0.328 e. The molecule has 0 saturated carbocycles. The summed E-state index contributed by atoms with van der Waals surface area (Å²) in [7, 11) is 0. The van der Waals surface area contributed by atoms with Crippen LogP contribution >= 0.6 is 0 Å². The number of imide groups is 2. The number of anilines is 1. The molecule has 4 amide bonds. The Labute approximate surface area is 209 Å². The lowest BCUT2D eigenvalue weighted by atomic mass is 9.92. The number of aromatic nitrogens is 4. The Kier molecular flexibility index (Phi) is 5.33. The number of nitrogens with zero attached hydrogens (tertiary/aromatic N) is 5. The first-order valence-electron chi connectivity index (χ1n) is 11.5. The van der Waals surface area contributed by atoms with Gasteiger partial charge in [-0.2, -0.15) is 4.98 Å². The van der Waals surface area contributed by atoms with Crippen molar-refractivity contribution in [2.24, 2.45) is 0 Å². The monoisotopic (exact) mass is 497 g/mol. The minimum absolute atomic E-state index is 0.298. The number of hydrogen-bond donors (Lipinski definition) is 2. The highest BCUT2D eigenvalue weighted by atomic mass is 16.5. The molecule has 184 valence electrons. The molecule has 0 aliphatic carbocycles. The maximum atomic E-state index is 12.6. The molecule has 0 unspecified atom stereocenters. The fourth-order valence-corrected chi connectivity index (χ4v) is 4.53. The van der Waals surface area contributed by atoms with Gasteiger partial charge in [-0.1, -0.05) is 5.16 Å². The number of pyridine rings is 2. The van der Waals surface area contributed by atoms with Crippen LogP contribution in [0.15, 0.2) is 71.6 Å². The van der Waals surface area contributed by atoms with E-state index in [0.29, 0.717) is 48.4 Å². The second-order valence-electron chi connectivity index (χ2n) is 8.49. The second kappa shape index (κ2) is 8.82. The van der Waals surface area contributed by atoms with Crippen LogP contribution in [0, 0.1) is 0 Å². The number of benzene rings is 1. The molecule has 12 heteroatoms. The zero-order chi connectivity index (χ0) is 25.4. The highest BCUT2D eigenvalue weighted by molar-refractivity contribution is 6.24. The lowest BCUT2D eigenvalue weighted by Crippen LogP contribution is -2.71. The number of urea groups is 1. The average Bonchev–Trinajstić information content (AvgIpc) is 3.58. The van der Waals surface area contributed by atoms with Crippen molar-refractivity contribution in [3.63, 3.8) is 0 Å². The Morgan fingerprint density at radius 2 is 1.68 bits per heavy atom. The van der Waals surface area contributed by atoms with Crippen LogP contribution in [0.25, 0.3) is 22.8 Å². The highest BCUT2D eigenvalue weighted by Gasteiger charge is 2.57. The number of amides is 4. The first-order valence-corrected chi connectivity index (χ1v) is 11.5. The van der Waals surface area contributed by atoms with Crippen LogP contribution in [-0.2, 0) is 9.59 Å². The standard InChI is InChI=1S/C25H19N7O5/c33-22-25(23(34)30-24(35)29-22)10-1-13-32(25)17-4-7-19(27-14-17)36-18-5-2-16(3-6-18)21-28-20(31-37-21)15-8-11-26-12-9-15/h2-9,11-12,14H,1,10,13H2,(H2,29,30,33,34,35). The molecule has 2 aliphatic rings. The van der Waals surface area contributed by atoms with E-state index in [2.05, 4.69) is 30.7 Å². The van der Waals surface area contributed by atoms with Crippen LogP contribution in [0.5, 0.6) is 11.6 Å². The van der Waals surface area contributed by atoms with E-state index in [0.717, 1.165) is 11.1 Å². The van der Waals surface area contributed by atoms with Gasteiger partial charge in [0, 0.05) is 36.1 Å². The summed E-state index contributed by atoms with van der Waals surface area (Å²) in [6.07, 6.45) is 5.77. The summed E-state index contributed by atoms with van der Waals surface area (Å²) < 4.78 is 11.2. The predicted molar refractivity (Wildman–Crippen MR) is 128 cm³/mol. The van der Waals surface area contributed by atoms with Gasteiger partial charge in [0.2, 0.25) is 11.7 Å². The van der Waals surface area contributed by atoms with Crippen molar-refractivity contribution >= 4 is 23.5 Å². The lowest BCUT2D eigenvalue weighted by Gasteiger charge is -2.38. The van der Waals surface area contributed by atoms with Crippen LogP contribution < -0.4 is 20.3 Å². The number of rotatable bonds is 5. The van der Waals surface area contributed by atoms with Gasteiger partial charge in [-0.3, -0.25) is 25.2 Å². The molecule has 6 rings (SSSR count). The third-order valence-corrected chi connectivity index (χ3v) is 6.31. The van der Waals surface area contributed by atoms with E-state index in [4.69, 9.17) is 9.26 Å². The van der Waals surface area contributed by atoms with E-state index in [9.17, 15) is 14.4 Å². The van der Waals surface area contributed by atoms with Gasteiger partial charge in [-0.25, -0.2) is 9.78 Å². The lowest BCUT2D eigenvalue weighted by molar-refractivity contribution is -0.137. The molecule has 0 radical (unpaired) electrons. The summed E-state index contributed by atoms with van der Waals surface area (Å²) in [4.78, 5) is 51.2. The van der Waals surface area contributed by atoms with Gasteiger partial charge in [-0.05, 0) is 55.3 Å². The van der Waals surface area contributed by atoms with Gasteiger partial charge in [0.15, 0.2) is 5.54 Å². The van der Waals surface area contributed by atoms with E-state index >= 15 is 0 Å². The number of ether oxygens (including phenoxy) is 1. The first kappa shape index (κ1) is 22.3. The predicted octanol–water partition coefficient (Wildman–Crippen LogP) is 2.69. The van der Waals surface area contributed by atoms with E-state index in [1.165, 1.54) is 6.20 Å². The number of hydrogen-bond acceptors (Lipinski definition) is 10. The fraction of sp³-hybridized carbons (Fsp3) is 0.160. The van der Waals surface area contributed by atoms with Gasteiger partial charge in [0.1, 0.15) is 5.75 Å². The zero-order valence-electron chi connectivity index (χ0n) is 19.2. The molecule has 37 heavy (non-hydrogen) atoms. The summed E-state index contributed by atoms with van der Waals surface area (Å²) >= 11 is 0. The average molecular weight is 497 g/mol. The molecule has 1 aromatic carbocycles. The molecule has 0 bridgehead atoms. The molecule has 12 nitrogen and oxygen atoms in total. The Morgan fingerprint density at radius 1 is 0.919 bits per heavy atom. The van der Waals surface area contributed by atoms with Crippen molar-refractivity contribution in [3.8, 4) is 34.5 Å². The minimum Gasteiger partial charge on any atom is -0.439 e. The number of carbonyl (C=O) groups is 3. The number of nitrogens with one attached hydrogen (secondary N) is 2. The normalized spacial score (nSPS) is 16.5. The van der Waals surface area contributed by atoms with E-state index in [1.54, 1.807) is 65.8 Å². The number of barbiturate groups is 1. The van der Waals surface area contributed by atoms with Gasteiger partial charge in [0.05, 0.1) is 11.9 Å². The fourth-order valence-electron chi connectivity index (χ4n) is 4.53. The minimum atomic E-state index is -1.47. The number of carbonyl (C=O) groups excluding carboxylic acids is 3. The Hall–Kier alpha value is -5.13. The van der Waals surface area contributed by atoms with E-state index in [-0.39, 0.29) is 0 Å². The van der Waals surface area contributed by atoms with Crippen molar-refractivity contribution in [2.75, 3.05) is 11.4 Å². The summed E-state index contributed by atoms with van der Waals surface area (Å²) in [6, 6.07) is 13.3. The summed E-state index contributed by atoms with van der Waals surface area (Å²) in [5.41, 5.74) is 0.629. The Morgan fingerprint density at radius 3 is 2.38 bits per heavy atom. The maximum absolute atomic E-state index is 12.6. The zero-order valence-corrected chi connectivity index (χ0v) is 19.2. The van der Waals surface area contributed by atoms with Crippen LogP contribution in [-0.4, -0.2) is 50.0 Å². The van der Waals surface area contributed by atoms with E-state index in [1.807, 2.05) is 0 Å². The van der Waals surface area contributed by atoms with Crippen LogP contribution in [0.2, 0.25) is 0 Å². The van der Waals surface area contributed by atoms with Crippen LogP contribution in [0.4, 0.5) is 10.5 Å². The van der Waals surface area contributed by atoms with Gasteiger partial charge >= 0.3 is 6.03 Å². The molecule has 1 spiro atoms. The summed E-state index contributed by atoms with van der Waals surface area (Å²) in [6.45, 7) is 0.469. The van der Waals surface area contributed by atoms with Crippen molar-refractivity contribution in [1.82, 2.24) is 30.7 Å². The molecule has 2 saturated heterocycles. The maximum Gasteiger partial charge on any atom is 0.328 e. The topological polar surface area (TPSA) is 152 Å². The van der Waals surface area contributed by atoms with Gasteiger partial charge < -0.3 is 14.2 Å². The molecule has 4 aromatic rings. The van der Waals surface area contributed by atoms with Crippen molar-refractivity contribution < 1.29 is 23.6 Å². The highest BCUT2D eigenvalue weighted by Crippen LogP contribution is 2.36. The van der Waals surface area contributed by atoms with Crippen molar-refractivity contribution in [2.45, 2.75) is 18.4 Å². The van der Waals surface area contributed by atoms with Crippen LogP contribution in [0.1, 0.15) is 12.8 Å². The van der Waals surface area contributed by atoms with Crippen LogP contribution in [0.3, 0.4) is 0 Å². The molecule has 5 heterocycles. The molecule has 2 fully saturated rings. The summed E-state index contributed by atoms with van der Waals surface area (Å²) in [5.74, 6) is 0.450. The molecule has 3 aromatic heterocycles. The summed E-state index contributed by atoms with van der Waals surface area (Å²) in [5, 5.41) is 8.41. The van der Waals surface area contributed by atoms with Gasteiger partial charge in [0.25, 0.3) is 17.7 Å². The molecular formula is C25H19N7O5. The second-order valence-corrected chi connectivity index (χ2v) is 8.49. The van der Waals surface area contributed by atoms with Gasteiger partial charge in [-0.15, -0.1) is 0 Å². The third kappa shape index (κ3) is 3.93. The van der Waals surface area contributed by atoms with Crippen molar-refractivity contribution in [3.05, 3.63) is 67.1 Å². The Balaban J connectivity index is 1.16. The van der Waals surface area contributed by atoms with E-state index < -0.39 is 23.4 Å². The molecular weight excluding hydrogens is 478 g/mol. The third-order valence-electron chi connectivity index (χ3n) is 6.31. The first-order chi connectivity index (χ1) is 18.0. The largest absolute Gasteiger partial charge is 0.439 e. The molecule has 2 N–H and O–H groups in total.